The molecular formula is C21H19ClN4O2. The van der Waals surface area contributed by atoms with Crippen LogP contribution in [0.2, 0.25) is 5.02 Å². The van der Waals surface area contributed by atoms with Gasteiger partial charge in [-0.15, -0.1) is 0 Å². The van der Waals surface area contributed by atoms with Gasteiger partial charge in [0.25, 0.3) is 5.91 Å². The van der Waals surface area contributed by atoms with Crippen molar-refractivity contribution < 1.29 is 9.53 Å². The van der Waals surface area contributed by atoms with Crippen molar-refractivity contribution in [1.29, 1.82) is 5.26 Å². The summed E-state index contributed by atoms with van der Waals surface area (Å²) in [5, 5.41) is 16.9. The van der Waals surface area contributed by atoms with E-state index in [0.29, 0.717) is 28.4 Å². The summed E-state index contributed by atoms with van der Waals surface area (Å²) >= 11 is 6.09. The quantitative estimate of drug-likeness (QED) is 0.687. The van der Waals surface area contributed by atoms with Crippen molar-refractivity contribution in [3.05, 3.63) is 70.9 Å². The van der Waals surface area contributed by atoms with Crippen molar-refractivity contribution in [2.75, 3.05) is 7.11 Å². The number of methoxy groups -OCH3 is 1. The second-order valence-corrected chi connectivity index (χ2v) is 6.74. The molecule has 0 radical (unpaired) electrons. The Morgan fingerprint density at radius 3 is 2.68 bits per heavy atom. The molecule has 2 aromatic carbocycles. The third-order valence-corrected chi connectivity index (χ3v) is 4.53. The summed E-state index contributed by atoms with van der Waals surface area (Å²) in [6.45, 7) is 2.44. The van der Waals surface area contributed by atoms with E-state index in [0.717, 1.165) is 11.3 Å². The van der Waals surface area contributed by atoms with E-state index in [1.807, 2.05) is 31.3 Å². The number of aromatic nitrogens is 2. The number of nitrogens with one attached hydrogen (secondary N) is 1. The van der Waals surface area contributed by atoms with Crippen molar-refractivity contribution in [3.8, 4) is 23.1 Å². The monoisotopic (exact) mass is 394 g/mol. The van der Waals surface area contributed by atoms with Crippen LogP contribution in [0.25, 0.3) is 11.3 Å². The summed E-state index contributed by atoms with van der Waals surface area (Å²) in [5.74, 6) is 0.554. The highest BCUT2D eigenvalue weighted by molar-refractivity contribution is 6.32. The van der Waals surface area contributed by atoms with Gasteiger partial charge in [-0.1, -0.05) is 17.7 Å². The van der Waals surface area contributed by atoms with Gasteiger partial charge >= 0.3 is 0 Å². The number of carbonyl (C=O) groups excluding carboxylic acids is 1. The molecule has 3 aromatic rings. The van der Waals surface area contributed by atoms with Gasteiger partial charge in [-0.2, -0.15) is 10.4 Å². The SMILES string of the molecule is COc1ccc(C(=O)N[C@@H](C)Cn2ccc(-c3ccc(C#N)c(Cl)c3)n2)cc1. The Kier molecular flexibility index (Phi) is 5.97. The fourth-order valence-electron chi connectivity index (χ4n) is 2.76. The zero-order valence-corrected chi connectivity index (χ0v) is 16.3. The highest BCUT2D eigenvalue weighted by Crippen LogP contribution is 2.24. The largest absolute Gasteiger partial charge is 0.497 e. The molecule has 1 amide bonds. The molecule has 0 aliphatic carbocycles. The molecule has 1 heterocycles. The minimum atomic E-state index is -0.151. The van der Waals surface area contributed by atoms with Crippen LogP contribution in [0.4, 0.5) is 0 Å². The van der Waals surface area contributed by atoms with E-state index in [2.05, 4.69) is 10.4 Å². The molecule has 0 spiro atoms. The Labute approximate surface area is 168 Å². The summed E-state index contributed by atoms with van der Waals surface area (Å²) in [7, 11) is 1.58. The lowest BCUT2D eigenvalue weighted by atomic mass is 10.1. The Morgan fingerprint density at radius 2 is 2.04 bits per heavy atom. The Morgan fingerprint density at radius 1 is 1.29 bits per heavy atom. The van der Waals surface area contributed by atoms with Crippen LogP contribution >= 0.6 is 11.6 Å². The highest BCUT2D eigenvalue weighted by atomic mass is 35.5. The van der Waals surface area contributed by atoms with Crippen molar-refractivity contribution in [3.63, 3.8) is 0 Å². The van der Waals surface area contributed by atoms with Crippen LogP contribution in [0.5, 0.6) is 5.75 Å². The minimum absolute atomic E-state index is 0.119. The molecule has 0 saturated heterocycles. The smallest absolute Gasteiger partial charge is 0.251 e. The highest BCUT2D eigenvalue weighted by Gasteiger charge is 2.12. The van der Waals surface area contributed by atoms with Crippen molar-refractivity contribution in [2.24, 2.45) is 0 Å². The predicted octanol–water partition coefficient (Wildman–Crippen LogP) is 3.90. The summed E-state index contributed by atoms with van der Waals surface area (Å²) < 4.78 is 6.86. The van der Waals surface area contributed by atoms with E-state index >= 15 is 0 Å². The van der Waals surface area contributed by atoms with E-state index in [1.165, 1.54) is 0 Å². The minimum Gasteiger partial charge on any atom is -0.497 e. The van der Waals surface area contributed by atoms with Gasteiger partial charge in [0.2, 0.25) is 0 Å². The zero-order chi connectivity index (χ0) is 20.1. The summed E-state index contributed by atoms with van der Waals surface area (Å²) in [4.78, 5) is 12.3. The Bertz CT molecular complexity index is 1020. The zero-order valence-electron chi connectivity index (χ0n) is 15.5. The maximum Gasteiger partial charge on any atom is 0.251 e. The van der Waals surface area contributed by atoms with Crippen LogP contribution in [0.15, 0.2) is 54.7 Å². The molecule has 1 N–H and O–H groups in total. The first kappa shape index (κ1) is 19.5. The fourth-order valence-corrected chi connectivity index (χ4v) is 2.98. The third-order valence-electron chi connectivity index (χ3n) is 4.22. The molecule has 0 aliphatic rings. The van der Waals surface area contributed by atoms with Gasteiger partial charge < -0.3 is 10.1 Å². The molecule has 28 heavy (non-hydrogen) atoms. The van der Waals surface area contributed by atoms with E-state index in [9.17, 15) is 4.79 Å². The van der Waals surface area contributed by atoms with E-state index in [4.69, 9.17) is 21.6 Å². The van der Waals surface area contributed by atoms with Crippen molar-refractivity contribution >= 4 is 17.5 Å². The van der Waals surface area contributed by atoms with Gasteiger partial charge in [0.15, 0.2) is 0 Å². The molecule has 0 fully saturated rings. The molecule has 0 unspecified atom stereocenters. The number of halogens is 1. The molecular weight excluding hydrogens is 376 g/mol. The van der Waals surface area contributed by atoms with Gasteiger partial charge in [-0.3, -0.25) is 9.48 Å². The average molecular weight is 395 g/mol. The molecule has 3 rings (SSSR count). The summed E-state index contributed by atoms with van der Waals surface area (Å²) in [6, 6.07) is 16.0. The first-order valence-corrected chi connectivity index (χ1v) is 9.06. The van der Waals surface area contributed by atoms with Gasteiger partial charge in [-0.25, -0.2) is 0 Å². The number of nitrogens with zero attached hydrogens (tertiary/aromatic N) is 3. The molecule has 0 saturated carbocycles. The normalized spacial score (nSPS) is 11.5. The number of benzene rings is 2. The van der Waals surface area contributed by atoms with Gasteiger partial charge in [0, 0.05) is 23.4 Å². The lowest BCUT2D eigenvalue weighted by Crippen LogP contribution is -2.35. The molecule has 1 aromatic heterocycles. The first-order valence-electron chi connectivity index (χ1n) is 8.68. The van der Waals surface area contributed by atoms with Gasteiger partial charge in [-0.05, 0) is 49.4 Å². The molecule has 0 aliphatic heterocycles. The third kappa shape index (κ3) is 4.51. The topological polar surface area (TPSA) is 79.9 Å². The van der Waals surface area contributed by atoms with Crippen molar-refractivity contribution in [2.45, 2.75) is 19.5 Å². The van der Waals surface area contributed by atoms with E-state index in [-0.39, 0.29) is 11.9 Å². The molecule has 7 heteroatoms. The van der Waals surface area contributed by atoms with Gasteiger partial charge in [0.05, 0.1) is 29.9 Å². The number of hydrogen-bond acceptors (Lipinski definition) is 4. The second kappa shape index (κ2) is 8.59. The number of nitriles is 1. The number of carbonyl (C=O) groups is 1. The van der Waals surface area contributed by atoms with Crippen molar-refractivity contribution in [1.82, 2.24) is 15.1 Å². The molecule has 0 bridgehead atoms. The van der Waals surface area contributed by atoms with Gasteiger partial charge in [0.1, 0.15) is 11.8 Å². The Balaban J connectivity index is 1.63. The van der Waals surface area contributed by atoms with Crippen LogP contribution in [0.3, 0.4) is 0 Å². The lowest BCUT2D eigenvalue weighted by Gasteiger charge is -2.14. The summed E-state index contributed by atoms with van der Waals surface area (Å²) in [6.07, 6.45) is 1.84. The second-order valence-electron chi connectivity index (χ2n) is 6.33. The fraction of sp³-hybridized carbons (Fsp3) is 0.190. The average Bonchev–Trinajstić information content (AvgIpc) is 3.16. The van der Waals surface area contributed by atoms with Crippen LogP contribution < -0.4 is 10.1 Å². The standard InChI is InChI=1S/C21H19ClN4O2/c1-14(24-21(27)15-5-7-18(28-2)8-6-15)13-26-10-9-20(25-26)16-3-4-17(12-23)19(22)11-16/h3-11,14H,13H2,1-2H3,(H,24,27)/t14-/m0/s1. The van der Waals surface area contributed by atoms with Crippen LogP contribution in [0, 0.1) is 11.3 Å². The van der Waals surface area contributed by atoms with Crippen LogP contribution in [-0.4, -0.2) is 28.8 Å². The van der Waals surface area contributed by atoms with E-state index < -0.39 is 0 Å². The molecule has 1 atom stereocenters. The number of rotatable bonds is 6. The maximum atomic E-state index is 12.3. The number of ether oxygens (including phenoxy) is 1. The predicted molar refractivity (Wildman–Crippen MR) is 107 cm³/mol. The lowest BCUT2D eigenvalue weighted by molar-refractivity contribution is 0.0936. The number of hydrogen-bond donors (Lipinski definition) is 1. The van der Waals surface area contributed by atoms with E-state index in [1.54, 1.807) is 48.2 Å². The Hall–Kier alpha value is -3.30. The first-order chi connectivity index (χ1) is 13.5. The number of amides is 1. The molecule has 142 valence electrons. The van der Waals surface area contributed by atoms with Crippen LogP contribution in [0.1, 0.15) is 22.8 Å². The molecule has 6 nitrogen and oxygen atoms in total. The van der Waals surface area contributed by atoms with Crippen LogP contribution in [-0.2, 0) is 6.54 Å². The maximum absolute atomic E-state index is 12.3. The summed E-state index contributed by atoms with van der Waals surface area (Å²) in [5.41, 5.74) is 2.58.